The van der Waals surface area contributed by atoms with Crippen molar-refractivity contribution in [2.45, 2.75) is 123 Å². The van der Waals surface area contributed by atoms with Crippen molar-refractivity contribution in [3.8, 4) is 0 Å². The molecular weight excluding hydrogens is 598 g/mol. The molecule has 0 aromatic heterocycles. The summed E-state index contributed by atoms with van der Waals surface area (Å²) >= 11 is 0. The van der Waals surface area contributed by atoms with E-state index in [9.17, 15) is 28.8 Å². The van der Waals surface area contributed by atoms with Gasteiger partial charge in [-0.25, -0.2) is 4.79 Å². The zero-order valence-corrected chi connectivity index (χ0v) is 29.2. The first-order valence-electron chi connectivity index (χ1n) is 17.1. The van der Waals surface area contributed by atoms with E-state index in [2.05, 4.69) is 22.9 Å². The van der Waals surface area contributed by atoms with E-state index in [1.807, 2.05) is 50.9 Å². The number of nitrogens with two attached hydrogens (primary N) is 1. The van der Waals surface area contributed by atoms with Crippen LogP contribution in [-0.4, -0.2) is 78.4 Å². The average molecular weight is 656 g/mol. The highest BCUT2D eigenvalue weighted by Gasteiger charge is 2.34. The fraction of sp³-hybridized carbons (Fsp3) is 0.667. The first-order valence-corrected chi connectivity index (χ1v) is 17.1. The number of benzene rings is 1. The summed E-state index contributed by atoms with van der Waals surface area (Å²) in [4.78, 5) is 72.1. The van der Waals surface area contributed by atoms with Crippen LogP contribution in [0.15, 0.2) is 30.3 Å². The number of likely N-dealkylation sites (tertiary alicyclic amines) is 1. The highest BCUT2D eigenvalue weighted by atomic mass is 16.2. The van der Waals surface area contributed by atoms with Crippen LogP contribution in [-0.2, 0) is 19.2 Å². The van der Waals surface area contributed by atoms with Gasteiger partial charge >= 0.3 is 6.03 Å². The predicted octanol–water partition coefficient (Wildman–Crippen LogP) is 4.18. The fourth-order valence-electron chi connectivity index (χ4n) is 5.98. The third-order valence-corrected chi connectivity index (χ3v) is 9.47. The van der Waals surface area contributed by atoms with E-state index in [0.717, 1.165) is 57.3 Å². The second-order valence-corrected chi connectivity index (χ2v) is 14.2. The molecule has 0 radical (unpaired) electrons. The lowest BCUT2D eigenvalue weighted by atomic mass is 9.84. The number of carbonyl (C=O) groups excluding carboxylic acids is 6. The van der Waals surface area contributed by atoms with Crippen molar-refractivity contribution in [2.75, 3.05) is 13.6 Å². The van der Waals surface area contributed by atoms with Crippen LogP contribution in [0, 0.1) is 17.3 Å². The number of nitrogens with one attached hydrogen (secondary N) is 3. The van der Waals surface area contributed by atoms with Crippen LogP contribution in [0.3, 0.4) is 0 Å². The molecule has 11 heteroatoms. The third kappa shape index (κ3) is 12.8. The van der Waals surface area contributed by atoms with Gasteiger partial charge in [0.25, 0.3) is 5.91 Å². The molecule has 1 saturated heterocycles. The molecule has 3 fully saturated rings. The minimum absolute atomic E-state index is 0.0685. The highest BCUT2D eigenvalue weighted by molar-refractivity contribution is 6.37. The predicted molar refractivity (Wildman–Crippen MR) is 183 cm³/mol. The van der Waals surface area contributed by atoms with E-state index in [4.69, 9.17) is 5.73 Å². The van der Waals surface area contributed by atoms with Gasteiger partial charge in [-0.05, 0) is 63.5 Å². The van der Waals surface area contributed by atoms with Crippen molar-refractivity contribution in [2.24, 2.45) is 23.0 Å². The molecule has 262 valence electrons. The van der Waals surface area contributed by atoms with E-state index >= 15 is 0 Å². The molecule has 1 aliphatic heterocycles. The Morgan fingerprint density at radius 1 is 0.915 bits per heavy atom. The van der Waals surface area contributed by atoms with Gasteiger partial charge in [-0.3, -0.25) is 24.1 Å². The molecule has 1 heterocycles. The summed E-state index contributed by atoms with van der Waals surface area (Å²) in [5, 5.41) is 8.03. The number of Topliss-reactive ketones (excluding diaryl/α,β-unsaturated/α-hetero) is 2. The number of aldehydes is 1. The Hall–Kier alpha value is -3.60. The SMILES string of the molecule is CC(C)(C)C(C=O)NC(=O)NC(C(=O)c1ccccc1)C1CCCC1.CC(NC(=O)C1CCCN1C)C(=O)C(N)=O.CCC1CCC1. The Balaban J connectivity index is 0.000000295. The van der Waals surface area contributed by atoms with Gasteiger partial charge in [-0.1, -0.05) is 96.6 Å². The van der Waals surface area contributed by atoms with Crippen LogP contribution in [0.5, 0.6) is 0 Å². The summed E-state index contributed by atoms with van der Waals surface area (Å²) in [5.41, 5.74) is 5.06. The second kappa shape index (κ2) is 19.3. The summed E-state index contributed by atoms with van der Waals surface area (Å²) in [6, 6.07) is 6.36. The average Bonchev–Trinajstić information content (AvgIpc) is 3.70. The molecule has 4 rings (SSSR count). The fourth-order valence-corrected chi connectivity index (χ4v) is 5.98. The van der Waals surface area contributed by atoms with Gasteiger partial charge in [0.15, 0.2) is 5.78 Å². The van der Waals surface area contributed by atoms with Gasteiger partial charge < -0.3 is 26.5 Å². The standard InChI is InChI=1S/C20H28N2O3.C10H17N3O3.C6H12/c1-20(2,3)16(13-23)21-19(25)22-17(14-9-7-8-10-14)18(24)15-11-5-4-6-12-15;1-6(8(14)9(11)15)12-10(16)7-4-3-5-13(7)2;1-2-6-4-3-5-6/h4-6,11-14,16-17H,7-10H2,1-3H3,(H2,21,22,25);6-7H,3-5H2,1-2H3,(H2,11,15)(H,12,16);6H,2-5H2,1H3. The zero-order valence-electron chi connectivity index (χ0n) is 29.2. The first-order chi connectivity index (χ1) is 22.2. The number of amides is 4. The monoisotopic (exact) mass is 655 g/mol. The summed E-state index contributed by atoms with van der Waals surface area (Å²) in [6.07, 6.45) is 12.4. The molecule has 2 saturated carbocycles. The first kappa shape index (κ1) is 39.6. The molecule has 4 atom stereocenters. The maximum absolute atomic E-state index is 12.9. The van der Waals surface area contributed by atoms with Crippen LogP contribution < -0.4 is 21.7 Å². The van der Waals surface area contributed by atoms with Crippen LogP contribution in [0.2, 0.25) is 0 Å². The topological polar surface area (TPSA) is 168 Å². The summed E-state index contributed by atoms with van der Waals surface area (Å²) in [6.45, 7) is 10.3. The third-order valence-electron chi connectivity index (χ3n) is 9.47. The summed E-state index contributed by atoms with van der Waals surface area (Å²) < 4.78 is 0. The quantitative estimate of drug-likeness (QED) is 0.158. The molecule has 1 aromatic rings. The highest BCUT2D eigenvalue weighted by Crippen LogP contribution is 2.30. The van der Waals surface area contributed by atoms with Gasteiger partial charge in [0.05, 0.1) is 24.2 Å². The molecule has 0 spiro atoms. The smallest absolute Gasteiger partial charge is 0.315 e. The molecular formula is C36H57N5O6. The normalized spacial score (nSPS) is 20.1. The van der Waals surface area contributed by atoms with Gasteiger partial charge in [0.2, 0.25) is 11.7 Å². The van der Waals surface area contributed by atoms with Gasteiger partial charge in [-0.2, -0.15) is 0 Å². The minimum Gasteiger partial charge on any atom is -0.363 e. The van der Waals surface area contributed by atoms with Crippen LogP contribution in [0.4, 0.5) is 4.79 Å². The Kier molecular flexibility index (Phi) is 16.2. The number of ketones is 2. The van der Waals surface area contributed by atoms with Crippen LogP contribution >= 0.6 is 0 Å². The molecule has 3 aliphatic rings. The lowest BCUT2D eigenvalue weighted by Gasteiger charge is -2.29. The largest absolute Gasteiger partial charge is 0.363 e. The number of hydrogen-bond donors (Lipinski definition) is 4. The number of nitrogens with zero attached hydrogens (tertiary/aromatic N) is 1. The molecule has 47 heavy (non-hydrogen) atoms. The number of primary amides is 1. The Morgan fingerprint density at radius 2 is 1.53 bits per heavy atom. The summed E-state index contributed by atoms with van der Waals surface area (Å²) in [7, 11) is 1.86. The number of hydrogen-bond acceptors (Lipinski definition) is 7. The Morgan fingerprint density at radius 3 is 1.96 bits per heavy atom. The Labute approximate surface area is 280 Å². The van der Waals surface area contributed by atoms with E-state index in [1.165, 1.54) is 32.6 Å². The van der Waals surface area contributed by atoms with Crippen LogP contribution in [0.25, 0.3) is 0 Å². The van der Waals surface area contributed by atoms with Gasteiger partial charge in [0, 0.05) is 5.56 Å². The number of urea groups is 1. The maximum atomic E-state index is 12.9. The molecule has 2 aliphatic carbocycles. The molecule has 4 unspecified atom stereocenters. The minimum atomic E-state index is -1.02. The maximum Gasteiger partial charge on any atom is 0.315 e. The van der Waals surface area contributed by atoms with Crippen molar-refractivity contribution in [1.29, 1.82) is 0 Å². The second-order valence-electron chi connectivity index (χ2n) is 14.2. The summed E-state index contributed by atoms with van der Waals surface area (Å²) in [5.74, 6) is -0.822. The zero-order chi connectivity index (χ0) is 35.1. The molecule has 4 amide bonds. The van der Waals surface area contributed by atoms with Crippen LogP contribution in [0.1, 0.15) is 109 Å². The van der Waals surface area contributed by atoms with Crippen molar-refractivity contribution < 1.29 is 28.8 Å². The van der Waals surface area contributed by atoms with Crippen molar-refractivity contribution in [1.82, 2.24) is 20.9 Å². The number of carbonyl (C=O) groups is 6. The van der Waals surface area contributed by atoms with Crippen molar-refractivity contribution in [3.05, 3.63) is 35.9 Å². The van der Waals surface area contributed by atoms with E-state index in [0.29, 0.717) is 5.56 Å². The van der Waals surface area contributed by atoms with Gasteiger partial charge in [0.1, 0.15) is 6.29 Å². The van der Waals surface area contributed by atoms with E-state index in [1.54, 1.807) is 12.1 Å². The lowest BCUT2D eigenvalue weighted by molar-refractivity contribution is -0.138. The molecule has 1 aromatic carbocycles. The Bertz CT molecular complexity index is 1190. The van der Waals surface area contributed by atoms with Crippen molar-refractivity contribution in [3.63, 3.8) is 0 Å². The van der Waals surface area contributed by atoms with E-state index < -0.39 is 35.8 Å². The lowest BCUT2D eigenvalue weighted by Crippen LogP contribution is -2.54. The number of rotatable bonds is 11. The molecule has 0 bridgehead atoms. The van der Waals surface area contributed by atoms with E-state index in [-0.39, 0.29) is 29.1 Å². The number of likely N-dealkylation sites (N-methyl/N-ethyl adjacent to an activating group) is 1. The van der Waals surface area contributed by atoms with Gasteiger partial charge in [-0.15, -0.1) is 0 Å². The van der Waals surface area contributed by atoms with Crippen molar-refractivity contribution >= 4 is 35.7 Å². The molecule has 5 N–H and O–H groups in total. The molecule has 11 nitrogen and oxygen atoms in total.